The number of hydrogen-bond acceptors (Lipinski definition) is 1. The van der Waals surface area contributed by atoms with Gasteiger partial charge >= 0.3 is 0 Å². The quantitative estimate of drug-likeness (QED) is 0.448. The summed E-state index contributed by atoms with van der Waals surface area (Å²) in [4.78, 5) is 4.57. The monoisotopic (exact) mass is 346 g/mol. The van der Waals surface area contributed by atoms with Crippen molar-refractivity contribution in [2.45, 2.75) is 0 Å². The lowest BCUT2D eigenvalue weighted by atomic mass is 10.1. The molecule has 0 fully saturated rings. The Hall–Kier alpha value is -3.83. The fourth-order valence-electron chi connectivity index (χ4n) is 2.91. The molecule has 0 saturated carbocycles. The minimum atomic E-state index is 0.896. The average Bonchev–Trinajstić information content (AvgIpc) is 3.23. The number of benzene rings is 3. The van der Waals surface area contributed by atoms with Crippen LogP contribution in [0.4, 0.5) is 0 Å². The number of imidazole rings is 1. The first kappa shape index (κ1) is 16.6. The largest absolute Gasteiger partial charge is 0.299 e. The maximum Gasteiger partial charge on any atom is 0.144 e. The van der Waals surface area contributed by atoms with Gasteiger partial charge in [0.05, 0.1) is 5.70 Å². The number of nitrogens with zero attached hydrogens (tertiary/aromatic N) is 2. The van der Waals surface area contributed by atoms with Crippen molar-refractivity contribution in [3.8, 4) is 23.2 Å². The van der Waals surface area contributed by atoms with Gasteiger partial charge in [-0.25, -0.2) is 4.98 Å². The molecule has 0 aliphatic carbocycles. The second-order valence-electron chi connectivity index (χ2n) is 6.02. The van der Waals surface area contributed by atoms with Crippen molar-refractivity contribution in [3.05, 3.63) is 121 Å². The molecule has 1 heterocycles. The van der Waals surface area contributed by atoms with Crippen LogP contribution in [-0.4, -0.2) is 9.55 Å². The summed E-state index contributed by atoms with van der Waals surface area (Å²) in [6, 6.07) is 30.5. The molecule has 2 heteroatoms. The molecule has 2 nitrogen and oxygen atoms in total. The summed E-state index contributed by atoms with van der Waals surface area (Å²) in [7, 11) is 0. The zero-order chi connectivity index (χ0) is 18.3. The van der Waals surface area contributed by atoms with Gasteiger partial charge < -0.3 is 0 Å². The molecule has 27 heavy (non-hydrogen) atoms. The topological polar surface area (TPSA) is 17.8 Å². The third kappa shape index (κ3) is 3.89. The van der Waals surface area contributed by atoms with Crippen LogP contribution in [0.5, 0.6) is 0 Å². The second-order valence-corrected chi connectivity index (χ2v) is 6.02. The van der Waals surface area contributed by atoms with Crippen molar-refractivity contribution in [2.24, 2.45) is 0 Å². The Labute approximate surface area is 159 Å². The fraction of sp³-hybridized carbons (Fsp3) is 0. The Morgan fingerprint density at radius 3 is 2.11 bits per heavy atom. The molecule has 0 aliphatic rings. The normalized spacial score (nSPS) is 10.9. The first-order chi connectivity index (χ1) is 13.4. The van der Waals surface area contributed by atoms with E-state index in [4.69, 9.17) is 0 Å². The summed E-state index contributed by atoms with van der Waals surface area (Å²) in [5.74, 6) is 7.31. The average molecular weight is 346 g/mol. The van der Waals surface area contributed by atoms with E-state index in [-0.39, 0.29) is 0 Å². The van der Waals surface area contributed by atoms with E-state index in [1.54, 1.807) is 0 Å². The third-order valence-corrected chi connectivity index (χ3v) is 4.20. The van der Waals surface area contributed by atoms with E-state index in [0.717, 1.165) is 28.2 Å². The zero-order valence-electron chi connectivity index (χ0n) is 14.8. The van der Waals surface area contributed by atoms with Gasteiger partial charge in [0, 0.05) is 29.6 Å². The van der Waals surface area contributed by atoms with Crippen molar-refractivity contribution < 1.29 is 0 Å². The lowest BCUT2D eigenvalue weighted by Crippen LogP contribution is -2.00. The van der Waals surface area contributed by atoms with Gasteiger partial charge in [0.2, 0.25) is 0 Å². The predicted molar refractivity (Wildman–Crippen MR) is 111 cm³/mol. The van der Waals surface area contributed by atoms with Crippen LogP contribution in [0.1, 0.15) is 11.1 Å². The SMILES string of the molecule is C(#Cc1ccccc1)/C=C(/c1ccccc1)n1ccnc1-c1ccccc1. The van der Waals surface area contributed by atoms with Crippen molar-refractivity contribution in [1.82, 2.24) is 9.55 Å². The smallest absolute Gasteiger partial charge is 0.144 e. The van der Waals surface area contributed by atoms with Gasteiger partial charge in [-0.2, -0.15) is 0 Å². The van der Waals surface area contributed by atoms with E-state index < -0.39 is 0 Å². The molecular weight excluding hydrogens is 328 g/mol. The van der Waals surface area contributed by atoms with E-state index in [2.05, 4.69) is 45.7 Å². The Morgan fingerprint density at radius 1 is 0.778 bits per heavy atom. The van der Waals surface area contributed by atoms with Gasteiger partial charge in [-0.1, -0.05) is 90.7 Å². The first-order valence-electron chi connectivity index (χ1n) is 8.83. The molecule has 0 atom stereocenters. The van der Waals surface area contributed by atoms with Crippen molar-refractivity contribution in [3.63, 3.8) is 0 Å². The highest BCUT2D eigenvalue weighted by Crippen LogP contribution is 2.24. The van der Waals surface area contributed by atoms with Crippen LogP contribution in [-0.2, 0) is 0 Å². The summed E-state index contributed by atoms with van der Waals surface area (Å²) in [5.41, 5.74) is 4.15. The van der Waals surface area contributed by atoms with Crippen molar-refractivity contribution in [2.75, 3.05) is 0 Å². The third-order valence-electron chi connectivity index (χ3n) is 4.20. The van der Waals surface area contributed by atoms with E-state index >= 15 is 0 Å². The minimum absolute atomic E-state index is 0.896. The lowest BCUT2D eigenvalue weighted by Gasteiger charge is -2.12. The second kappa shape index (κ2) is 8.03. The molecule has 4 aromatic rings. The summed E-state index contributed by atoms with van der Waals surface area (Å²) in [6.45, 7) is 0. The summed E-state index contributed by atoms with van der Waals surface area (Å²) >= 11 is 0. The van der Waals surface area contributed by atoms with Crippen LogP contribution in [0.25, 0.3) is 17.1 Å². The van der Waals surface area contributed by atoms with Crippen LogP contribution < -0.4 is 0 Å². The van der Waals surface area contributed by atoms with Gasteiger partial charge in [-0.3, -0.25) is 4.57 Å². The predicted octanol–water partition coefficient (Wildman–Crippen LogP) is 5.49. The molecule has 0 saturated heterocycles. The first-order valence-corrected chi connectivity index (χ1v) is 8.83. The van der Waals surface area contributed by atoms with Crippen LogP contribution in [0.3, 0.4) is 0 Å². The molecule has 3 aromatic carbocycles. The van der Waals surface area contributed by atoms with E-state index in [1.165, 1.54) is 0 Å². The van der Waals surface area contributed by atoms with Crippen LogP contribution in [0.2, 0.25) is 0 Å². The van der Waals surface area contributed by atoms with Gasteiger partial charge in [0.15, 0.2) is 0 Å². The number of rotatable bonds is 3. The van der Waals surface area contributed by atoms with Gasteiger partial charge in [0.25, 0.3) is 0 Å². The van der Waals surface area contributed by atoms with E-state index in [9.17, 15) is 0 Å². The summed E-state index contributed by atoms with van der Waals surface area (Å²) in [5, 5.41) is 0. The maximum absolute atomic E-state index is 4.57. The Morgan fingerprint density at radius 2 is 1.41 bits per heavy atom. The summed E-state index contributed by atoms with van der Waals surface area (Å²) < 4.78 is 2.09. The van der Waals surface area contributed by atoms with Crippen LogP contribution >= 0.6 is 0 Å². The van der Waals surface area contributed by atoms with Crippen molar-refractivity contribution >= 4 is 5.70 Å². The van der Waals surface area contributed by atoms with Gasteiger partial charge in [-0.05, 0) is 17.7 Å². The lowest BCUT2D eigenvalue weighted by molar-refractivity contribution is 1.10. The van der Waals surface area contributed by atoms with Gasteiger partial charge in [-0.15, -0.1) is 0 Å². The molecule has 0 bridgehead atoms. The minimum Gasteiger partial charge on any atom is -0.299 e. The van der Waals surface area contributed by atoms with Crippen LogP contribution in [0, 0.1) is 11.8 Å². The molecule has 0 aliphatic heterocycles. The summed E-state index contributed by atoms with van der Waals surface area (Å²) in [6.07, 6.45) is 5.76. The van der Waals surface area contributed by atoms with E-state index in [0.29, 0.717) is 0 Å². The molecule has 0 unspecified atom stereocenters. The number of hydrogen-bond donors (Lipinski definition) is 0. The molecule has 0 spiro atoms. The Balaban J connectivity index is 1.80. The zero-order valence-corrected chi connectivity index (χ0v) is 14.8. The molecule has 4 rings (SSSR count). The Kier molecular flexibility index (Phi) is 4.95. The molecule has 128 valence electrons. The molecule has 0 N–H and O–H groups in total. The van der Waals surface area contributed by atoms with E-state index in [1.807, 2.05) is 85.2 Å². The number of aromatic nitrogens is 2. The highest BCUT2D eigenvalue weighted by atomic mass is 15.1. The molecule has 0 radical (unpaired) electrons. The molecule has 1 aromatic heterocycles. The molecular formula is C25H18N2. The fourth-order valence-corrected chi connectivity index (χ4v) is 2.91. The Bertz CT molecular complexity index is 1100. The maximum atomic E-state index is 4.57. The standard InChI is InChI=1S/C25H18N2/c1-4-11-21(12-5-1)13-10-18-24(22-14-6-2-7-15-22)27-20-19-26-25(27)23-16-8-3-9-17-23/h1-9,11-12,14-20H/b24-18-. The van der Waals surface area contributed by atoms with Crippen LogP contribution in [0.15, 0.2) is 109 Å². The molecule has 0 amide bonds. The number of allylic oxidation sites excluding steroid dienone is 1. The van der Waals surface area contributed by atoms with Gasteiger partial charge in [0.1, 0.15) is 5.82 Å². The highest BCUT2D eigenvalue weighted by Gasteiger charge is 2.10. The highest BCUT2D eigenvalue weighted by molar-refractivity contribution is 5.73. The van der Waals surface area contributed by atoms with Crippen molar-refractivity contribution in [1.29, 1.82) is 0 Å².